The summed E-state index contributed by atoms with van der Waals surface area (Å²) in [7, 11) is -0.613. The van der Waals surface area contributed by atoms with Crippen molar-refractivity contribution in [1.29, 1.82) is 0 Å². The summed E-state index contributed by atoms with van der Waals surface area (Å²) in [5.74, 6) is 0.395. The molecule has 2 rings (SSSR count). The molecule has 0 bridgehead atoms. The number of aromatic nitrogens is 2. The van der Waals surface area contributed by atoms with Crippen molar-refractivity contribution < 1.29 is 13.2 Å². The number of methoxy groups -OCH3 is 1. The van der Waals surface area contributed by atoms with Gasteiger partial charge in [-0.05, 0) is 32.0 Å². The maximum absolute atomic E-state index is 12.6. The van der Waals surface area contributed by atoms with Crippen molar-refractivity contribution in [2.24, 2.45) is 7.05 Å². The Labute approximate surface area is 123 Å². The summed E-state index contributed by atoms with van der Waals surface area (Å²) in [5.41, 5.74) is 7.42. The second kappa shape index (κ2) is 5.28. The van der Waals surface area contributed by atoms with Crippen molar-refractivity contribution in [1.82, 2.24) is 9.78 Å². The van der Waals surface area contributed by atoms with Crippen LogP contribution in [0.2, 0.25) is 0 Å². The number of rotatable bonds is 4. The van der Waals surface area contributed by atoms with Gasteiger partial charge in [0.25, 0.3) is 10.0 Å². The average Bonchev–Trinajstić information content (AvgIpc) is 2.63. The highest BCUT2D eigenvalue weighted by molar-refractivity contribution is 7.92. The standard InChI is InChI=1S/C13H18N4O3S/c1-8-13(9(2)17(3)15-8)21(18,19)16-11-7-10(14)5-6-12(11)20-4/h5-7,16H,14H2,1-4H3. The molecule has 0 unspecified atom stereocenters. The number of sulfonamides is 1. The summed E-state index contributed by atoms with van der Waals surface area (Å²) in [4.78, 5) is 0.162. The van der Waals surface area contributed by atoms with Gasteiger partial charge in [-0.25, -0.2) is 8.42 Å². The Bertz CT molecular complexity index is 781. The fraction of sp³-hybridized carbons (Fsp3) is 0.308. The molecule has 7 nitrogen and oxygen atoms in total. The minimum Gasteiger partial charge on any atom is -0.495 e. The summed E-state index contributed by atoms with van der Waals surface area (Å²) in [6, 6.07) is 4.75. The first kappa shape index (κ1) is 15.2. The van der Waals surface area contributed by atoms with Crippen LogP contribution in [0.4, 0.5) is 11.4 Å². The number of nitrogen functional groups attached to an aromatic ring is 1. The van der Waals surface area contributed by atoms with Gasteiger partial charge in [0.05, 0.1) is 24.2 Å². The van der Waals surface area contributed by atoms with Crippen molar-refractivity contribution in [3.8, 4) is 5.75 Å². The molecule has 0 saturated carbocycles. The van der Waals surface area contributed by atoms with Crippen LogP contribution < -0.4 is 15.2 Å². The molecule has 0 aliphatic rings. The number of nitrogens with one attached hydrogen (secondary N) is 1. The van der Waals surface area contributed by atoms with E-state index in [1.807, 2.05) is 0 Å². The molecule has 114 valence electrons. The number of aryl methyl sites for hydroxylation is 2. The van der Waals surface area contributed by atoms with Gasteiger partial charge in [0.15, 0.2) is 0 Å². The van der Waals surface area contributed by atoms with Crippen molar-refractivity contribution in [3.05, 3.63) is 29.6 Å². The van der Waals surface area contributed by atoms with E-state index in [2.05, 4.69) is 9.82 Å². The Morgan fingerprint density at radius 3 is 2.52 bits per heavy atom. The van der Waals surface area contributed by atoms with Gasteiger partial charge >= 0.3 is 0 Å². The molecule has 1 heterocycles. The van der Waals surface area contributed by atoms with Crippen LogP contribution in [0.3, 0.4) is 0 Å². The van der Waals surface area contributed by atoms with Crippen LogP contribution in [-0.2, 0) is 17.1 Å². The fourth-order valence-corrected chi connectivity index (χ4v) is 3.65. The number of benzene rings is 1. The predicted molar refractivity (Wildman–Crippen MR) is 80.9 cm³/mol. The van der Waals surface area contributed by atoms with Gasteiger partial charge in [0.2, 0.25) is 0 Å². The molecule has 0 spiro atoms. The molecule has 2 aromatic rings. The molecule has 0 amide bonds. The number of hydrogen-bond acceptors (Lipinski definition) is 5. The van der Waals surface area contributed by atoms with E-state index < -0.39 is 10.0 Å². The van der Waals surface area contributed by atoms with Crippen LogP contribution in [-0.4, -0.2) is 25.3 Å². The summed E-state index contributed by atoms with van der Waals surface area (Å²) in [5, 5.41) is 4.12. The fourth-order valence-electron chi connectivity index (χ4n) is 2.14. The van der Waals surface area contributed by atoms with Gasteiger partial charge in [0, 0.05) is 12.7 Å². The highest BCUT2D eigenvalue weighted by Crippen LogP contribution is 2.30. The molecule has 3 N–H and O–H groups in total. The highest BCUT2D eigenvalue weighted by atomic mass is 32.2. The highest BCUT2D eigenvalue weighted by Gasteiger charge is 2.24. The van der Waals surface area contributed by atoms with Gasteiger partial charge in [-0.2, -0.15) is 5.10 Å². The zero-order valence-corrected chi connectivity index (χ0v) is 13.2. The van der Waals surface area contributed by atoms with E-state index in [0.29, 0.717) is 28.5 Å². The maximum Gasteiger partial charge on any atom is 0.265 e. The molecule has 0 fully saturated rings. The molecule has 0 aliphatic carbocycles. The second-order valence-corrected chi connectivity index (χ2v) is 6.31. The SMILES string of the molecule is COc1ccc(N)cc1NS(=O)(=O)c1c(C)nn(C)c1C. The summed E-state index contributed by atoms with van der Waals surface area (Å²) in [6.45, 7) is 3.35. The molecule has 0 radical (unpaired) electrons. The number of hydrogen-bond donors (Lipinski definition) is 2. The Morgan fingerprint density at radius 2 is 2.00 bits per heavy atom. The molecule has 0 saturated heterocycles. The van der Waals surface area contributed by atoms with Crippen molar-refractivity contribution >= 4 is 21.4 Å². The lowest BCUT2D eigenvalue weighted by Gasteiger charge is -2.12. The van der Waals surface area contributed by atoms with Crippen molar-refractivity contribution in [2.75, 3.05) is 17.6 Å². The number of nitrogens with zero attached hydrogens (tertiary/aromatic N) is 2. The molecule has 1 aromatic heterocycles. The first-order chi connectivity index (χ1) is 9.76. The number of anilines is 2. The van der Waals surface area contributed by atoms with Gasteiger partial charge < -0.3 is 10.5 Å². The second-order valence-electron chi connectivity index (χ2n) is 4.69. The lowest BCUT2D eigenvalue weighted by molar-refractivity contribution is 0.417. The Morgan fingerprint density at radius 1 is 1.33 bits per heavy atom. The molecular weight excluding hydrogens is 292 g/mol. The van der Waals surface area contributed by atoms with E-state index in [1.165, 1.54) is 17.9 Å². The molecular formula is C13H18N4O3S. The van der Waals surface area contributed by atoms with E-state index in [4.69, 9.17) is 10.5 Å². The molecule has 1 aromatic carbocycles. The third kappa shape index (κ3) is 2.80. The van der Waals surface area contributed by atoms with E-state index in [9.17, 15) is 8.42 Å². The van der Waals surface area contributed by atoms with E-state index in [1.54, 1.807) is 33.0 Å². The van der Waals surface area contributed by atoms with Gasteiger partial charge in [-0.3, -0.25) is 9.40 Å². The van der Waals surface area contributed by atoms with E-state index in [0.717, 1.165) is 0 Å². The first-order valence-corrected chi connectivity index (χ1v) is 7.71. The molecule has 8 heteroatoms. The van der Waals surface area contributed by atoms with Crippen LogP contribution >= 0.6 is 0 Å². The van der Waals surface area contributed by atoms with Crippen molar-refractivity contribution in [2.45, 2.75) is 18.7 Å². The third-order valence-corrected chi connectivity index (χ3v) is 4.80. The normalized spacial score (nSPS) is 11.4. The van der Waals surface area contributed by atoms with Crippen LogP contribution in [0.5, 0.6) is 5.75 Å². The van der Waals surface area contributed by atoms with Gasteiger partial charge in [0.1, 0.15) is 10.6 Å². The zero-order valence-electron chi connectivity index (χ0n) is 12.3. The molecule has 0 atom stereocenters. The lowest BCUT2D eigenvalue weighted by Crippen LogP contribution is -2.15. The largest absolute Gasteiger partial charge is 0.495 e. The zero-order chi connectivity index (χ0) is 15.8. The molecule has 0 aliphatic heterocycles. The van der Waals surface area contributed by atoms with Crippen LogP contribution in [0.25, 0.3) is 0 Å². The van der Waals surface area contributed by atoms with E-state index >= 15 is 0 Å². The lowest BCUT2D eigenvalue weighted by atomic mass is 10.2. The van der Waals surface area contributed by atoms with Crippen LogP contribution in [0.1, 0.15) is 11.4 Å². The molecule has 21 heavy (non-hydrogen) atoms. The monoisotopic (exact) mass is 310 g/mol. The predicted octanol–water partition coefficient (Wildman–Crippen LogP) is 1.43. The average molecular weight is 310 g/mol. The third-order valence-electron chi connectivity index (χ3n) is 3.18. The first-order valence-electron chi connectivity index (χ1n) is 6.23. The van der Waals surface area contributed by atoms with Crippen LogP contribution in [0.15, 0.2) is 23.1 Å². The van der Waals surface area contributed by atoms with E-state index in [-0.39, 0.29) is 4.90 Å². The topological polar surface area (TPSA) is 99.2 Å². The summed E-state index contributed by atoms with van der Waals surface area (Å²) >= 11 is 0. The Hall–Kier alpha value is -2.22. The van der Waals surface area contributed by atoms with Gasteiger partial charge in [-0.15, -0.1) is 0 Å². The summed E-state index contributed by atoms with van der Waals surface area (Å²) in [6.07, 6.45) is 0. The van der Waals surface area contributed by atoms with Crippen LogP contribution in [0, 0.1) is 13.8 Å². The van der Waals surface area contributed by atoms with Gasteiger partial charge in [-0.1, -0.05) is 0 Å². The summed E-state index contributed by atoms with van der Waals surface area (Å²) < 4.78 is 34.3. The Kier molecular flexibility index (Phi) is 3.82. The minimum absolute atomic E-state index is 0.162. The minimum atomic E-state index is -3.77. The number of ether oxygens (including phenoxy) is 1. The maximum atomic E-state index is 12.6. The number of nitrogens with two attached hydrogens (primary N) is 1. The quantitative estimate of drug-likeness (QED) is 0.832. The smallest absolute Gasteiger partial charge is 0.265 e. The Balaban J connectivity index is 2.50. The van der Waals surface area contributed by atoms with Crippen molar-refractivity contribution in [3.63, 3.8) is 0 Å².